The van der Waals surface area contributed by atoms with Crippen molar-refractivity contribution in [3.63, 3.8) is 0 Å². The highest BCUT2D eigenvalue weighted by Gasteiger charge is 2.39. The van der Waals surface area contributed by atoms with Crippen LogP contribution in [0.15, 0.2) is 6.20 Å². The molecule has 21 heavy (non-hydrogen) atoms. The average molecular weight is 291 g/mol. The fourth-order valence-corrected chi connectivity index (χ4v) is 3.91. The molecule has 1 aromatic heterocycles. The lowest BCUT2D eigenvalue weighted by Crippen LogP contribution is -2.55. The molecule has 1 saturated heterocycles. The maximum absolute atomic E-state index is 12.8. The van der Waals surface area contributed by atoms with Gasteiger partial charge in [-0.25, -0.2) is 0 Å². The Kier molecular flexibility index (Phi) is 4.24. The zero-order valence-corrected chi connectivity index (χ0v) is 13.0. The zero-order chi connectivity index (χ0) is 14.8. The molecule has 2 aliphatic rings. The van der Waals surface area contributed by atoms with Crippen LogP contribution in [-0.2, 0) is 18.4 Å². The summed E-state index contributed by atoms with van der Waals surface area (Å²) < 4.78 is 1.67. The van der Waals surface area contributed by atoms with Gasteiger partial charge < -0.3 is 10.2 Å². The predicted octanol–water partition coefficient (Wildman–Crippen LogP) is 0.942. The molecule has 1 aromatic rings. The number of nitrogens with zero attached hydrogens (tertiary/aromatic N) is 4. The highest BCUT2D eigenvalue weighted by Crippen LogP contribution is 2.37. The van der Waals surface area contributed by atoms with Gasteiger partial charge in [-0.05, 0) is 31.2 Å². The number of hydrogen-bond donors (Lipinski definition) is 1. The summed E-state index contributed by atoms with van der Waals surface area (Å²) in [5, 5.41) is 11.4. The monoisotopic (exact) mass is 291 g/mol. The molecule has 0 aromatic carbocycles. The third kappa shape index (κ3) is 3.10. The van der Waals surface area contributed by atoms with Crippen molar-refractivity contribution in [2.45, 2.75) is 44.7 Å². The van der Waals surface area contributed by atoms with E-state index in [0.29, 0.717) is 12.5 Å². The highest BCUT2D eigenvalue weighted by atomic mass is 16.2. The minimum absolute atomic E-state index is 0.00859. The summed E-state index contributed by atoms with van der Waals surface area (Å²) >= 11 is 0. The summed E-state index contributed by atoms with van der Waals surface area (Å²) in [6.45, 7) is 1.50. The van der Waals surface area contributed by atoms with Crippen LogP contribution in [0.3, 0.4) is 0 Å². The molecular weight excluding hydrogens is 266 g/mol. The van der Waals surface area contributed by atoms with Crippen LogP contribution < -0.4 is 5.32 Å². The van der Waals surface area contributed by atoms with Crippen molar-refractivity contribution in [2.24, 2.45) is 18.9 Å². The second kappa shape index (κ2) is 6.13. The molecule has 2 heterocycles. The summed E-state index contributed by atoms with van der Waals surface area (Å²) in [4.78, 5) is 14.6. The van der Waals surface area contributed by atoms with Crippen molar-refractivity contribution >= 4 is 5.91 Å². The molecule has 1 amide bonds. The molecule has 3 unspecified atom stereocenters. The minimum atomic E-state index is -0.00859. The highest BCUT2D eigenvalue weighted by molar-refractivity contribution is 5.82. The molecule has 1 saturated carbocycles. The molecule has 116 valence electrons. The van der Waals surface area contributed by atoms with Gasteiger partial charge in [0.05, 0.1) is 12.6 Å². The summed E-state index contributed by atoms with van der Waals surface area (Å²) in [7, 11) is 3.71. The van der Waals surface area contributed by atoms with Gasteiger partial charge in [-0.2, -0.15) is 0 Å². The van der Waals surface area contributed by atoms with Crippen LogP contribution in [0.2, 0.25) is 0 Å². The van der Waals surface area contributed by atoms with E-state index in [2.05, 4.69) is 15.6 Å². The molecule has 0 radical (unpaired) electrons. The van der Waals surface area contributed by atoms with Gasteiger partial charge in [0, 0.05) is 20.3 Å². The van der Waals surface area contributed by atoms with E-state index in [9.17, 15) is 4.79 Å². The van der Waals surface area contributed by atoms with Crippen molar-refractivity contribution in [1.82, 2.24) is 25.2 Å². The lowest BCUT2D eigenvalue weighted by Gasteiger charge is -2.42. The number of aryl methyl sites for hydroxylation is 1. The van der Waals surface area contributed by atoms with Crippen molar-refractivity contribution in [3.05, 3.63) is 11.9 Å². The molecule has 6 nitrogen and oxygen atoms in total. The molecule has 0 bridgehead atoms. The number of piperidine rings is 1. The first-order valence-corrected chi connectivity index (χ1v) is 7.98. The number of fused-ring (bicyclic) bond motifs is 1. The quantitative estimate of drug-likeness (QED) is 0.900. The number of aromatic nitrogens is 3. The van der Waals surface area contributed by atoms with Gasteiger partial charge in [-0.3, -0.25) is 9.48 Å². The van der Waals surface area contributed by atoms with E-state index in [0.717, 1.165) is 18.2 Å². The van der Waals surface area contributed by atoms with Gasteiger partial charge in [-0.15, -0.1) is 5.10 Å². The van der Waals surface area contributed by atoms with Crippen LogP contribution in [0.1, 0.15) is 37.8 Å². The maximum Gasteiger partial charge on any atom is 0.240 e. The smallest absolute Gasteiger partial charge is 0.240 e. The molecule has 6 heteroatoms. The minimum Gasteiger partial charge on any atom is -0.338 e. The Hall–Kier alpha value is -1.43. The first kappa shape index (κ1) is 14.5. The lowest BCUT2D eigenvalue weighted by molar-refractivity contribution is -0.136. The Labute approximate surface area is 125 Å². The van der Waals surface area contributed by atoms with Crippen LogP contribution in [-0.4, -0.2) is 45.4 Å². The third-order valence-electron chi connectivity index (χ3n) is 4.97. The van der Waals surface area contributed by atoms with Gasteiger partial charge >= 0.3 is 0 Å². The fourth-order valence-electron chi connectivity index (χ4n) is 3.91. The van der Waals surface area contributed by atoms with Crippen molar-refractivity contribution in [2.75, 3.05) is 13.6 Å². The zero-order valence-electron chi connectivity index (χ0n) is 13.0. The Balaban J connectivity index is 1.65. The molecule has 0 spiro atoms. The second-order valence-corrected chi connectivity index (χ2v) is 6.51. The first-order valence-electron chi connectivity index (χ1n) is 7.98. The second-order valence-electron chi connectivity index (χ2n) is 6.51. The molecular formula is C15H25N5O. The van der Waals surface area contributed by atoms with Crippen molar-refractivity contribution < 1.29 is 4.79 Å². The topological polar surface area (TPSA) is 63.1 Å². The van der Waals surface area contributed by atoms with E-state index in [1.807, 2.05) is 20.3 Å². The Morgan fingerprint density at radius 2 is 2.24 bits per heavy atom. The Bertz CT molecular complexity index is 498. The SMILES string of the molecule is CN(Cc1cn(C)nn1)C(=O)C1NCCC2CCCCC21. The predicted molar refractivity (Wildman–Crippen MR) is 79.3 cm³/mol. The number of likely N-dealkylation sites (N-methyl/N-ethyl adjacent to an activating group) is 1. The third-order valence-corrected chi connectivity index (χ3v) is 4.97. The number of carbonyl (C=O) groups is 1. The molecule has 3 atom stereocenters. The molecule has 1 aliphatic heterocycles. The molecule has 3 rings (SSSR count). The van der Waals surface area contributed by atoms with E-state index in [4.69, 9.17) is 0 Å². The average Bonchev–Trinajstić information content (AvgIpc) is 2.91. The van der Waals surface area contributed by atoms with Crippen LogP contribution in [0.4, 0.5) is 0 Å². The van der Waals surface area contributed by atoms with Crippen LogP contribution in [0.25, 0.3) is 0 Å². The number of rotatable bonds is 3. The lowest BCUT2D eigenvalue weighted by atomic mass is 9.71. The van der Waals surface area contributed by atoms with Gasteiger partial charge in [0.1, 0.15) is 5.69 Å². The molecule has 1 N–H and O–H groups in total. The number of amides is 1. The van der Waals surface area contributed by atoms with Crippen molar-refractivity contribution in [1.29, 1.82) is 0 Å². The number of nitrogens with one attached hydrogen (secondary N) is 1. The fraction of sp³-hybridized carbons (Fsp3) is 0.800. The van der Waals surface area contributed by atoms with E-state index in [1.165, 1.54) is 32.1 Å². The number of hydrogen-bond acceptors (Lipinski definition) is 4. The van der Waals surface area contributed by atoms with Gasteiger partial charge in [0.2, 0.25) is 5.91 Å². The first-order chi connectivity index (χ1) is 10.1. The van der Waals surface area contributed by atoms with E-state index in [-0.39, 0.29) is 11.9 Å². The normalized spacial score (nSPS) is 29.0. The largest absolute Gasteiger partial charge is 0.338 e. The van der Waals surface area contributed by atoms with Crippen molar-refractivity contribution in [3.8, 4) is 0 Å². The molecule has 1 aliphatic carbocycles. The number of carbonyl (C=O) groups excluding carboxylic acids is 1. The molecule has 2 fully saturated rings. The van der Waals surface area contributed by atoms with Gasteiger partial charge in [-0.1, -0.05) is 24.5 Å². The van der Waals surface area contributed by atoms with Crippen LogP contribution in [0, 0.1) is 11.8 Å². The Morgan fingerprint density at radius 3 is 3.00 bits per heavy atom. The summed E-state index contributed by atoms with van der Waals surface area (Å²) in [5.41, 5.74) is 0.837. The summed E-state index contributed by atoms with van der Waals surface area (Å²) in [5.74, 6) is 1.46. The summed E-state index contributed by atoms with van der Waals surface area (Å²) in [6.07, 6.45) is 8.17. The van der Waals surface area contributed by atoms with Crippen LogP contribution in [0.5, 0.6) is 0 Å². The van der Waals surface area contributed by atoms with Crippen LogP contribution >= 0.6 is 0 Å². The van der Waals surface area contributed by atoms with E-state index >= 15 is 0 Å². The van der Waals surface area contributed by atoms with E-state index in [1.54, 1.807) is 9.58 Å². The maximum atomic E-state index is 12.8. The van der Waals surface area contributed by atoms with Gasteiger partial charge in [0.25, 0.3) is 0 Å². The van der Waals surface area contributed by atoms with Gasteiger partial charge in [0.15, 0.2) is 0 Å². The summed E-state index contributed by atoms with van der Waals surface area (Å²) in [6, 6.07) is -0.00859. The van der Waals surface area contributed by atoms with E-state index < -0.39 is 0 Å². The Morgan fingerprint density at radius 1 is 1.43 bits per heavy atom. The standard InChI is InChI=1S/C15H25N5O/c1-19(9-12-10-20(2)18-17-12)15(21)14-13-6-4-3-5-11(13)7-8-16-14/h10-11,13-14,16H,3-9H2,1-2H3.